The molecule has 0 fully saturated rings. The Hall–Kier alpha value is -2.69. The average molecular weight is 347 g/mol. The number of nitrogens with zero attached hydrogens (tertiary/aromatic N) is 3. The lowest BCUT2D eigenvalue weighted by atomic mass is 9.87. The molecular weight excluding hydrogens is 322 g/mol. The summed E-state index contributed by atoms with van der Waals surface area (Å²) in [6, 6.07) is 10.6. The molecule has 5 nitrogen and oxygen atoms in total. The minimum Gasteiger partial charge on any atom is -0.340 e. The highest BCUT2D eigenvalue weighted by Crippen LogP contribution is 2.27. The van der Waals surface area contributed by atoms with Crippen molar-refractivity contribution in [3.63, 3.8) is 0 Å². The van der Waals surface area contributed by atoms with E-state index in [9.17, 15) is 0 Å². The number of aromatic amines is 2. The summed E-state index contributed by atoms with van der Waals surface area (Å²) in [6.07, 6.45) is 0. The Morgan fingerprint density at radius 1 is 0.769 bits per heavy atom. The maximum absolute atomic E-state index is 4.73. The lowest BCUT2D eigenvalue weighted by Gasteiger charge is -2.18. The molecule has 0 aliphatic heterocycles. The molecule has 134 valence electrons. The van der Waals surface area contributed by atoms with E-state index in [4.69, 9.17) is 4.98 Å². The molecule has 4 rings (SSSR count). The van der Waals surface area contributed by atoms with Crippen LogP contribution in [-0.4, -0.2) is 24.9 Å². The van der Waals surface area contributed by atoms with Gasteiger partial charge in [-0.3, -0.25) is 0 Å². The quantitative estimate of drug-likeness (QED) is 0.503. The number of pyridine rings is 1. The summed E-state index contributed by atoms with van der Waals surface area (Å²) < 4.78 is 0. The van der Waals surface area contributed by atoms with Crippen LogP contribution in [-0.2, 0) is 10.8 Å². The first-order valence-electron chi connectivity index (χ1n) is 8.99. The van der Waals surface area contributed by atoms with E-state index in [1.807, 2.05) is 6.07 Å². The third kappa shape index (κ3) is 2.87. The first kappa shape index (κ1) is 16.8. The molecule has 0 aliphatic carbocycles. The number of aromatic nitrogens is 5. The van der Waals surface area contributed by atoms with Crippen LogP contribution in [0.1, 0.15) is 52.9 Å². The zero-order chi connectivity index (χ0) is 18.7. The van der Waals surface area contributed by atoms with Gasteiger partial charge in [0.25, 0.3) is 0 Å². The fraction of sp³-hybridized carbons (Fsp3) is 0.381. The predicted octanol–water partition coefficient (Wildman–Crippen LogP) is 5.10. The van der Waals surface area contributed by atoms with Gasteiger partial charge in [-0.1, -0.05) is 65.8 Å². The Balaban J connectivity index is 1.76. The van der Waals surface area contributed by atoms with E-state index in [-0.39, 0.29) is 10.8 Å². The number of H-pyrrole nitrogens is 2. The third-order valence-corrected chi connectivity index (χ3v) is 4.66. The van der Waals surface area contributed by atoms with Gasteiger partial charge in [0.05, 0.1) is 5.52 Å². The number of nitrogens with one attached hydrogen (secondary N) is 2. The third-order valence-electron chi connectivity index (χ3n) is 4.66. The molecule has 0 atom stereocenters. The van der Waals surface area contributed by atoms with E-state index in [1.54, 1.807) is 0 Å². The van der Waals surface area contributed by atoms with Crippen molar-refractivity contribution in [3.05, 3.63) is 41.7 Å². The number of hydrogen-bond donors (Lipinski definition) is 2. The Morgan fingerprint density at radius 2 is 1.46 bits per heavy atom. The highest BCUT2D eigenvalue weighted by molar-refractivity contribution is 5.87. The van der Waals surface area contributed by atoms with Crippen LogP contribution in [0.4, 0.5) is 0 Å². The summed E-state index contributed by atoms with van der Waals surface area (Å²) in [6.45, 7) is 13.0. The van der Waals surface area contributed by atoms with Gasteiger partial charge in [0, 0.05) is 11.0 Å². The Bertz CT molecular complexity index is 1030. The number of rotatable bonds is 1. The molecule has 4 aromatic rings. The van der Waals surface area contributed by atoms with Gasteiger partial charge in [-0.15, -0.1) is 0 Å². The van der Waals surface area contributed by atoms with Crippen LogP contribution in [0.15, 0.2) is 30.3 Å². The van der Waals surface area contributed by atoms with Crippen molar-refractivity contribution in [1.82, 2.24) is 24.9 Å². The highest BCUT2D eigenvalue weighted by atomic mass is 15.1. The summed E-state index contributed by atoms with van der Waals surface area (Å²) in [4.78, 5) is 20.7. The predicted molar refractivity (Wildman–Crippen MR) is 106 cm³/mol. The SMILES string of the molecule is CC(C)(C)c1ccc(-c2nc3cc4[nH]c(C(C)(C)C)nc4nc3[nH]2)cc1. The zero-order valence-electron chi connectivity index (χ0n) is 16.2. The van der Waals surface area contributed by atoms with Crippen LogP contribution in [0, 0.1) is 0 Å². The molecule has 26 heavy (non-hydrogen) atoms. The maximum Gasteiger partial charge on any atom is 0.179 e. The fourth-order valence-corrected chi connectivity index (χ4v) is 2.99. The molecule has 1 aromatic carbocycles. The first-order chi connectivity index (χ1) is 12.1. The molecule has 0 saturated carbocycles. The molecular formula is C21H25N5. The van der Waals surface area contributed by atoms with Gasteiger partial charge in [-0.05, 0) is 17.0 Å². The van der Waals surface area contributed by atoms with Crippen molar-refractivity contribution in [2.24, 2.45) is 0 Å². The van der Waals surface area contributed by atoms with Gasteiger partial charge in [0.15, 0.2) is 11.3 Å². The summed E-state index contributed by atoms with van der Waals surface area (Å²) in [5.41, 5.74) is 5.72. The van der Waals surface area contributed by atoms with Gasteiger partial charge < -0.3 is 9.97 Å². The highest BCUT2D eigenvalue weighted by Gasteiger charge is 2.20. The van der Waals surface area contributed by atoms with Gasteiger partial charge in [-0.25, -0.2) is 15.0 Å². The van der Waals surface area contributed by atoms with Crippen LogP contribution in [0.5, 0.6) is 0 Å². The monoisotopic (exact) mass is 347 g/mol. The van der Waals surface area contributed by atoms with Crippen LogP contribution < -0.4 is 0 Å². The molecule has 0 unspecified atom stereocenters. The summed E-state index contributed by atoms with van der Waals surface area (Å²) in [5.74, 6) is 1.77. The molecule has 3 heterocycles. The minimum atomic E-state index is -0.0399. The second kappa shape index (κ2) is 5.40. The Morgan fingerprint density at radius 3 is 2.08 bits per heavy atom. The molecule has 0 aliphatic rings. The van der Waals surface area contributed by atoms with E-state index < -0.39 is 0 Å². The van der Waals surface area contributed by atoms with Crippen LogP contribution >= 0.6 is 0 Å². The van der Waals surface area contributed by atoms with E-state index in [1.165, 1.54) is 5.56 Å². The average Bonchev–Trinajstić information content (AvgIpc) is 3.14. The summed E-state index contributed by atoms with van der Waals surface area (Å²) >= 11 is 0. The summed E-state index contributed by atoms with van der Waals surface area (Å²) in [7, 11) is 0. The normalized spacial score (nSPS) is 13.0. The number of hydrogen-bond acceptors (Lipinski definition) is 3. The molecule has 0 amide bonds. The standard InChI is InChI=1S/C21H25N5/c1-20(2,3)13-9-7-12(8-10-13)16-22-14-11-15-18(25-17(14)24-16)26-19(23-15)21(4,5)6/h7-11H,1-6H3,(H2,22,23,24,25,26). The number of imidazole rings is 2. The smallest absolute Gasteiger partial charge is 0.179 e. The maximum atomic E-state index is 4.73. The second-order valence-corrected chi connectivity index (χ2v) is 8.98. The molecule has 3 aromatic heterocycles. The zero-order valence-corrected chi connectivity index (χ0v) is 16.2. The topological polar surface area (TPSA) is 70.2 Å². The lowest BCUT2D eigenvalue weighted by molar-refractivity contribution is 0.554. The second-order valence-electron chi connectivity index (χ2n) is 8.98. The summed E-state index contributed by atoms with van der Waals surface area (Å²) in [5, 5.41) is 0. The Labute approximate surface area is 153 Å². The van der Waals surface area contributed by atoms with E-state index in [0.717, 1.165) is 39.5 Å². The van der Waals surface area contributed by atoms with Crippen LogP contribution in [0.25, 0.3) is 33.7 Å². The van der Waals surface area contributed by atoms with E-state index in [2.05, 4.69) is 85.7 Å². The van der Waals surface area contributed by atoms with Crippen molar-refractivity contribution in [2.75, 3.05) is 0 Å². The molecule has 2 N–H and O–H groups in total. The first-order valence-corrected chi connectivity index (χ1v) is 8.99. The molecule has 5 heteroatoms. The van der Waals surface area contributed by atoms with Crippen molar-refractivity contribution in [3.8, 4) is 11.4 Å². The van der Waals surface area contributed by atoms with E-state index in [0.29, 0.717) is 0 Å². The molecule has 0 bridgehead atoms. The number of benzene rings is 1. The minimum absolute atomic E-state index is 0.0399. The lowest BCUT2D eigenvalue weighted by Crippen LogP contribution is -2.12. The van der Waals surface area contributed by atoms with Gasteiger partial charge in [0.2, 0.25) is 0 Å². The number of fused-ring (bicyclic) bond motifs is 2. The van der Waals surface area contributed by atoms with Crippen LogP contribution in [0.3, 0.4) is 0 Å². The molecule has 0 spiro atoms. The van der Waals surface area contributed by atoms with Gasteiger partial charge in [0.1, 0.15) is 17.2 Å². The molecule has 0 radical (unpaired) electrons. The van der Waals surface area contributed by atoms with Gasteiger partial charge in [-0.2, -0.15) is 0 Å². The largest absolute Gasteiger partial charge is 0.340 e. The fourth-order valence-electron chi connectivity index (χ4n) is 2.99. The van der Waals surface area contributed by atoms with Crippen LogP contribution in [0.2, 0.25) is 0 Å². The van der Waals surface area contributed by atoms with Crippen molar-refractivity contribution >= 4 is 22.3 Å². The van der Waals surface area contributed by atoms with E-state index >= 15 is 0 Å². The van der Waals surface area contributed by atoms with Crippen molar-refractivity contribution in [1.29, 1.82) is 0 Å². The molecule has 0 saturated heterocycles. The Kier molecular flexibility index (Phi) is 3.48. The van der Waals surface area contributed by atoms with Crippen molar-refractivity contribution in [2.45, 2.75) is 52.4 Å². The van der Waals surface area contributed by atoms with Gasteiger partial charge >= 0.3 is 0 Å². The van der Waals surface area contributed by atoms with Crippen molar-refractivity contribution < 1.29 is 0 Å².